The molecule has 2 N–H and O–H groups in total. The third kappa shape index (κ3) is 2.54. The molecule has 0 saturated heterocycles. The minimum absolute atomic E-state index is 0.160. The molecule has 1 aromatic heterocycles. The molecule has 1 aliphatic carbocycles. The molecule has 3 aromatic rings. The fraction of sp³-hybridized carbons (Fsp3) is 0.261. The molecule has 1 heterocycles. The molecular weight excluding hydrogens is 368 g/mol. The summed E-state index contributed by atoms with van der Waals surface area (Å²) in [7, 11) is 1.50. The molecule has 0 bridgehead atoms. The molecule has 146 valence electrons. The summed E-state index contributed by atoms with van der Waals surface area (Å²) in [6.07, 6.45) is 0. The number of carbonyl (C=O) groups is 2. The average Bonchev–Trinajstić information content (AvgIpc) is 3.10. The zero-order valence-corrected chi connectivity index (χ0v) is 16.6. The van der Waals surface area contributed by atoms with Gasteiger partial charge in [-0.1, -0.05) is 19.9 Å². The van der Waals surface area contributed by atoms with Crippen molar-refractivity contribution in [1.82, 2.24) is 4.98 Å². The van der Waals surface area contributed by atoms with E-state index in [0.717, 1.165) is 22.2 Å². The molecule has 6 heteroatoms. The van der Waals surface area contributed by atoms with E-state index in [9.17, 15) is 20.0 Å². The number of hydrogen-bond acceptors (Lipinski definition) is 4. The van der Waals surface area contributed by atoms with Gasteiger partial charge in [0.15, 0.2) is 5.78 Å². The van der Waals surface area contributed by atoms with Gasteiger partial charge in [-0.3, -0.25) is 9.59 Å². The van der Waals surface area contributed by atoms with Gasteiger partial charge in [0.05, 0.1) is 30.2 Å². The van der Waals surface area contributed by atoms with Crippen LogP contribution < -0.4 is 4.74 Å². The number of methoxy groups -OCH3 is 1. The van der Waals surface area contributed by atoms with Crippen LogP contribution >= 0.6 is 0 Å². The van der Waals surface area contributed by atoms with Crippen LogP contribution in [0, 0.1) is 11.3 Å². The van der Waals surface area contributed by atoms with Gasteiger partial charge in [-0.2, -0.15) is 5.26 Å². The number of aromatic amines is 1. The number of nitriles is 1. The smallest absolute Gasteiger partial charge is 0.310 e. The first kappa shape index (κ1) is 18.8. The third-order valence-corrected chi connectivity index (χ3v) is 5.90. The molecule has 0 amide bonds. The minimum atomic E-state index is -0.984. The predicted molar refractivity (Wildman–Crippen MR) is 108 cm³/mol. The molecule has 1 atom stereocenters. The van der Waals surface area contributed by atoms with Crippen molar-refractivity contribution < 1.29 is 19.4 Å². The van der Waals surface area contributed by atoms with E-state index in [-0.39, 0.29) is 5.78 Å². The summed E-state index contributed by atoms with van der Waals surface area (Å²) >= 11 is 0. The summed E-state index contributed by atoms with van der Waals surface area (Å²) in [6, 6.07) is 10.8. The molecule has 1 aliphatic rings. The van der Waals surface area contributed by atoms with Gasteiger partial charge < -0.3 is 14.8 Å². The largest absolute Gasteiger partial charge is 0.496 e. The number of H-pyrrole nitrogens is 1. The maximum Gasteiger partial charge on any atom is 0.310 e. The fourth-order valence-corrected chi connectivity index (χ4v) is 4.19. The number of nitrogens with one attached hydrogen (secondary N) is 1. The van der Waals surface area contributed by atoms with Crippen molar-refractivity contribution in [2.24, 2.45) is 0 Å². The number of fused-ring (bicyclic) bond motifs is 4. The van der Waals surface area contributed by atoms with Crippen molar-refractivity contribution in [3.05, 3.63) is 63.8 Å². The Hall–Kier alpha value is -3.59. The van der Waals surface area contributed by atoms with Gasteiger partial charge in [0.1, 0.15) is 5.75 Å². The molecular formula is C23H20N2O4. The standard InChI is InChI=1S/C23H20N2O4/c1-11(22(27)28)14-8-15-16(9-18(14)29-4)23(2,3)21-19(20(15)26)13-6-5-12(10-24)7-17(13)25-21/h5-9,11,25H,1-4H3,(H,27,28). The highest BCUT2D eigenvalue weighted by molar-refractivity contribution is 6.20. The molecule has 0 aliphatic heterocycles. The second-order valence-electron chi connectivity index (χ2n) is 7.90. The molecule has 6 nitrogen and oxygen atoms in total. The molecule has 0 fully saturated rings. The average molecular weight is 388 g/mol. The Morgan fingerprint density at radius 3 is 2.62 bits per heavy atom. The molecule has 0 spiro atoms. The monoisotopic (exact) mass is 388 g/mol. The Balaban J connectivity index is 2.02. The number of benzene rings is 2. The van der Waals surface area contributed by atoms with Crippen molar-refractivity contribution in [2.75, 3.05) is 7.11 Å². The van der Waals surface area contributed by atoms with Gasteiger partial charge in [-0.15, -0.1) is 0 Å². The van der Waals surface area contributed by atoms with Crippen molar-refractivity contribution >= 4 is 22.7 Å². The normalized spacial score (nSPS) is 15.3. The van der Waals surface area contributed by atoms with E-state index in [0.29, 0.717) is 28.0 Å². The van der Waals surface area contributed by atoms with Crippen LogP contribution in [0.1, 0.15) is 65.0 Å². The number of nitrogens with zero attached hydrogens (tertiary/aromatic N) is 1. The first-order valence-corrected chi connectivity index (χ1v) is 9.27. The lowest BCUT2D eigenvalue weighted by Gasteiger charge is -2.33. The van der Waals surface area contributed by atoms with E-state index in [1.807, 2.05) is 13.8 Å². The van der Waals surface area contributed by atoms with Crippen LogP contribution in [0.3, 0.4) is 0 Å². The maximum atomic E-state index is 13.5. The van der Waals surface area contributed by atoms with Crippen LogP contribution in [-0.2, 0) is 10.2 Å². The van der Waals surface area contributed by atoms with Crippen LogP contribution in [0.5, 0.6) is 5.75 Å². The minimum Gasteiger partial charge on any atom is -0.496 e. The Morgan fingerprint density at radius 2 is 2.00 bits per heavy atom. The number of hydrogen-bond donors (Lipinski definition) is 2. The van der Waals surface area contributed by atoms with E-state index < -0.39 is 17.3 Å². The summed E-state index contributed by atoms with van der Waals surface area (Å²) in [5.74, 6) is -1.51. The number of ketones is 1. The SMILES string of the molecule is COc1cc2c(cc1C(C)C(=O)O)C(=O)c1c([nH]c3cc(C#N)ccc13)C2(C)C. The zero-order valence-electron chi connectivity index (χ0n) is 16.6. The van der Waals surface area contributed by atoms with E-state index in [4.69, 9.17) is 4.74 Å². The first-order valence-electron chi connectivity index (χ1n) is 9.27. The highest BCUT2D eigenvalue weighted by atomic mass is 16.5. The first-order chi connectivity index (χ1) is 13.7. The van der Waals surface area contributed by atoms with Gasteiger partial charge in [-0.05, 0) is 36.8 Å². The number of rotatable bonds is 3. The molecule has 2 aromatic carbocycles. The van der Waals surface area contributed by atoms with Crippen LogP contribution in [0.2, 0.25) is 0 Å². The molecule has 0 radical (unpaired) electrons. The summed E-state index contributed by atoms with van der Waals surface area (Å²) in [5.41, 5.74) is 3.78. The van der Waals surface area contributed by atoms with Gasteiger partial charge in [-0.25, -0.2) is 0 Å². The molecule has 29 heavy (non-hydrogen) atoms. The number of ether oxygens (including phenoxy) is 1. The number of carboxylic acid groups (broad SMARTS) is 1. The lowest BCUT2D eigenvalue weighted by atomic mass is 9.70. The van der Waals surface area contributed by atoms with Crippen molar-refractivity contribution in [3.8, 4) is 11.8 Å². The molecule has 0 saturated carbocycles. The topological polar surface area (TPSA) is 103 Å². The lowest BCUT2D eigenvalue weighted by molar-refractivity contribution is -0.138. The van der Waals surface area contributed by atoms with Crippen LogP contribution in [0.4, 0.5) is 0 Å². The van der Waals surface area contributed by atoms with E-state index in [1.165, 1.54) is 7.11 Å². The summed E-state index contributed by atoms with van der Waals surface area (Å²) in [4.78, 5) is 28.4. The highest BCUT2D eigenvalue weighted by Gasteiger charge is 2.41. The van der Waals surface area contributed by atoms with Crippen molar-refractivity contribution in [3.63, 3.8) is 0 Å². The Morgan fingerprint density at radius 1 is 1.28 bits per heavy atom. The predicted octanol–water partition coefficient (Wildman–Crippen LogP) is 4.11. The highest BCUT2D eigenvalue weighted by Crippen LogP contribution is 2.46. The fourth-order valence-electron chi connectivity index (χ4n) is 4.19. The van der Waals surface area contributed by atoms with Crippen molar-refractivity contribution in [2.45, 2.75) is 32.1 Å². The Labute approximate surface area is 167 Å². The van der Waals surface area contributed by atoms with E-state index >= 15 is 0 Å². The van der Waals surface area contributed by atoms with Gasteiger partial charge in [0.25, 0.3) is 0 Å². The summed E-state index contributed by atoms with van der Waals surface area (Å²) in [5, 5.41) is 19.4. The number of aromatic nitrogens is 1. The van der Waals surface area contributed by atoms with Crippen LogP contribution in [0.25, 0.3) is 10.9 Å². The molecule has 1 unspecified atom stereocenters. The van der Waals surface area contributed by atoms with Crippen molar-refractivity contribution in [1.29, 1.82) is 5.26 Å². The van der Waals surface area contributed by atoms with E-state index in [2.05, 4.69) is 11.1 Å². The lowest BCUT2D eigenvalue weighted by Crippen LogP contribution is -2.31. The number of aliphatic carboxylic acids is 1. The Bertz CT molecular complexity index is 1240. The van der Waals surface area contributed by atoms with Gasteiger partial charge in [0.2, 0.25) is 0 Å². The maximum absolute atomic E-state index is 13.5. The summed E-state index contributed by atoms with van der Waals surface area (Å²) < 4.78 is 5.47. The molecule has 4 rings (SSSR count). The summed E-state index contributed by atoms with van der Waals surface area (Å²) in [6.45, 7) is 5.60. The number of carbonyl (C=O) groups excluding carboxylic acids is 1. The van der Waals surface area contributed by atoms with E-state index in [1.54, 1.807) is 37.3 Å². The third-order valence-electron chi connectivity index (χ3n) is 5.90. The van der Waals surface area contributed by atoms with Gasteiger partial charge >= 0.3 is 5.97 Å². The Kier molecular flexibility index (Phi) is 4.02. The van der Waals surface area contributed by atoms with Crippen LogP contribution in [0.15, 0.2) is 30.3 Å². The zero-order chi connectivity index (χ0) is 21.1. The quantitative estimate of drug-likeness (QED) is 0.703. The number of carboxylic acids is 1. The second-order valence-corrected chi connectivity index (χ2v) is 7.90. The van der Waals surface area contributed by atoms with Gasteiger partial charge in [0, 0.05) is 33.1 Å². The van der Waals surface area contributed by atoms with Crippen LogP contribution in [-0.4, -0.2) is 29.0 Å². The second kappa shape index (κ2) is 6.21.